The largest absolute Gasteiger partial charge is 0.465 e. The van der Waals surface area contributed by atoms with E-state index in [0.717, 1.165) is 18.4 Å². The molecule has 5 rings (SSSR count). The topological polar surface area (TPSA) is 26.3 Å². The van der Waals surface area contributed by atoms with Crippen LogP contribution >= 0.6 is 0 Å². The molecule has 0 saturated carbocycles. The summed E-state index contributed by atoms with van der Waals surface area (Å²) in [5.41, 5.74) is 5.91. The Labute approximate surface area is 228 Å². The molecule has 0 N–H and O–H groups in total. The van der Waals surface area contributed by atoms with Crippen molar-refractivity contribution in [3.8, 4) is 11.1 Å². The van der Waals surface area contributed by atoms with E-state index in [-0.39, 0.29) is 5.97 Å². The van der Waals surface area contributed by atoms with Crippen molar-refractivity contribution in [3.63, 3.8) is 0 Å². The van der Waals surface area contributed by atoms with Crippen LogP contribution in [0.3, 0.4) is 0 Å². The maximum atomic E-state index is 12.1. The number of unbranched alkanes of at least 4 members (excludes halogenated alkanes) is 2. The van der Waals surface area contributed by atoms with Crippen molar-refractivity contribution in [2.75, 3.05) is 7.11 Å². The first-order chi connectivity index (χ1) is 18.3. The highest BCUT2D eigenvalue weighted by atomic mass is 28.3. The van der Waals surface area contributed by atoms with Crippen LogP contribution in [0.15, 0.2) is 60.7 Å². The summed E-state index contributed by atoms with van der Waals surface area (Å²) in [6.45, 7) is 12.0. The minimum atomic E-state index is -1.57. The number of hydrogen-bond donors (Lipinski definition) is 0. The Morgan fingerprint density at radius 2 is 1.24 bits per heavy atom. The number of ether oxygens (including phenoxy) is 1. The second kappa shape index (κ2) is 10.5. The van der Waals surface area contributed by atoms with E-state index in [1.807, 2.05) is 12.1 Å². The lowest BCUT2D eigenvalue weighted by Crippen LogP contribution is -2.38. The highest BCUT2D eigenvalue weighted by molar-refractivity contribution is 6.90. The Kier molecular flexibility index (Phi) is 7.33. The van der Waals surface area contributed by atoms with Gasteiger partial charge < -0.3 is 4.74 Å². The standard InChI is InChI=1S/C35H40O2Si/c1-7-9-11-25-21-31(23-13-15-24(16-14-23)35(36)37-3)29-19-17-28-26(12-10-8-2)22-32(38(4,5)6)30-20-18-27(25)33(29)34(28)30/h13-22H,7-12H2,1-6H3. The van der Waals surface area contributed by atoms with Crippen LogP contribution in [0.1, 0.15) is 61.0 Å². The smallest absolute Gasteiger partial charge is 0.337 e. The number of esters is 1. The average molecular weight is 521 g/mol. The molecule has 3 heteroatoms. The minimum absolute atomic E-state index is 0.297. The zero-order valence-corrected chi connectivity index (χ0v) is 24.8. The molecule has 0 fully saturated rings. The van der Waals surface area contributed by atoms with E-state index < -0.39 is 8.07 Å². The van der Waals surface area contributed by atoms with Crippen molar-refractivity contribution in [1.29, 1.82) is 0 Å². The van der Waals surface area contributed by atoms with Crippen LogP contribution in [0.4, 0.5) is 0 Å². The summed E-state index contributed by atoms with van der Waals surface area (Å²) in [7, 11) is -0.142. The predicted octanol–water partition coefficient (Wildman–Crippen LogP) is 9.27. The van der Waals surface area contributed by atoms with Crippen molar-refractivity contribution in [1.82, 2.24) is 0 Å². The number of hydrogen-bond acceptors (Lipinski definition) is 2. The Morgan fingerprint density at radius 1 is 0.711 bits per heavy atom. The molecule has 196 valence electrons. The lowest BCUT2D eigenvalue weighted by Gasteiger charge is -2.25. The quantitative estimate of drug-likeness (QED) is 0.110. The first-order valence-electron chi connectivity index (χ1n) is 14.2. The second-order valence-electron chi connectivity index (χ2n) is 11.8. The van der Waals surface area contributed by atoms with Crippen molar-refractivity contribution in [2.45, 2.75) is 72.0 Å². The van der Waals surface area contributed by atoms with Crippen LogP contribution in [-0.4, -0.2) is 21.2 Å². The van der Waals surface area contributed by atoms with Crippen LogP contribution in [0, 0.1) is 0 Å². The van der Waals surface area contributed by atoms with Crippen LogP contribution in [0.5, 0.6) is 0 Å². The highest BCUT2D eigenvalue weighted by Crippen LogP contribution is 2.42. The maximum absolute atomic E-state index is 12.1. The van der Waals surface area contributed by atoms with E-state index in [1.165, 1.54) is 81.8 Å². The lowest BCUT2D eigenvalue weighted by molar-refractivity contribution is 0.0600. The van der Waals surface area contributed by atoms with Crippen LogP contribution in [0.25, 0.3) is 43.4 Å². The Bertz CT molecular complexity index is 1610. The molecule has 0 bridgehead atoms. The van der Waals surface area contributed by atoms with Gasteiger partial charge >= 0.3 is 5.97 Å². The van der Waals surface area contributed by atoms with E-state index in [0.29, 0.717) is 5.56 Å². The van der Waals surface area contributed by atoms with E-state index in [1.54, 1.807) is 5.19 Å². The van der Waals surface area contributed by atoms with Crippen LogP contribution < -0.4 is 5.19 Å². The van der Waals surface area contributed by atoms with Gasteiger partial charge in [0.05, 0.1) is 20.7 Å². The average Bonchev–Trinajstić information content (AvgIpc) is 2.92. The zero-order valence-electron chi connectivity index (χ0n) is 23.8. The number of methoxy groups -OCH3 is 1. The van der Waals surface area contributed by atoms with E-state index >= 15 is 0 Å². The van der Waals surface area contributed by atoms with Gasteiger partial charge in [-0.3, -0.25) is 0 Å². The van der Waals surface area contributed by atoms with Gasteiger partial charge in [0.2, 0.25) is 0 Å². The van der Waals surface area contributed by atoms with Gasteiger partial charge in [-0.25, -0.2) is 4.79 Å². The van der Waals surface area contributed by atoms with E-state index in [2.05, 4.69) is 82.0 Å². The summed E-state index contributed by atoms with van der Waals surface area (Å²) in [5.74, 6) is -0.297. The molecule has 0 radical (unpaired) electrons. The molecule has 0 aliphatic rings. The second-order valence-corrected chi connectivity index (χ2v) is 16.8. The fourth-order valence-electron chi connectivity index (χ4n) is 6.05. The molecular weight excluding hydrogens is 480 g/mol. The monoisotopic (exact) mass is 520 g/mol. The molecule has 0 aliphatic heterocycles. The molecule has 5 aromatic carbocycles. The van der Waals surface area contributed by atoms with Crippen molar-refractivity contribution >= 4 is 51.5 Å². The molecule has 0 aliphatic carbocycles. The molecular formula is C35H40O2Si. The van der Waals surface area contributed by atoms with Crippen molar-refractivity contribution in [3.05, 3.63) is 77.4 Å². The number of rotatable bonds is 9. The number of carbonyl (C=O) groups is 1. The molecule has 0 heterocycles. The molecule has 0 atom stereocenters. The minimum Gasteiger partial charge on any atom is -0.465 e. The number of aryl methyl sites for hydroxylation is 2. The third kappa shape index (κ3) is 4.62. The van der Waals surface area contributed by atoms with Crippen LogP contribution in [-0.2, 0) is 17.6 Å². The van der Waals surface area contributed by atoms with Crippen molar-refractivity contribution in [2.24, 2.45) is 0 Å². The Hall–Kier alpha value is -3.17. The molecule has 0 aromatic heterocycles. The Balaban J connectivity index is 1.88. The third-order valence-electron chi connectivity index (χ3n) is 8.09. The van der Waals surface area contributed by atoms with E-state index in [4.69, 9.17) is 4.74 Å². The van der Waals surface area contributed by atoms with Gasteiger partial charge in [-0.1, -0.05) is 94.0 Å². The van der Waals surface area contributed by atoms with Crippen molar-refractivity contribution < 1.29 is 9.53 Å². The zero-order chi connectivity index (χ0) is 27.0. The lowest BCUT2D eigenvalue weighted by atomic mass is 9.84. The molecule has 2 nitrogen and oxygen atoms in total. The molecule has 5 aromatic rings. The summed E-state index contributed by atoms with van der Waals surface area (Å²) in [6, 6.07) is 22.4. The van der Waals surface area contributed by atoms with Gasteiger partial charge in [0.25, 0.3) is 0 Å². The van der Waals surface area contributed by atoms with Gasteiger partial charge in [-0.05, 0) is 98.5 Å². The summed E-state index contributed by atoms with van der Waals surface area (Å²) in [5, 5.41) is 10.0. The maximum Gasteiger partial charge on any atom is 0.337 e. The van der Waals surface area contributed by atoms with Crippen LogP contribution in [0.2, 0.25) is 19.6 Å². The summed E-state index contributed by atoms with van der Waals surface area (Å²) >= 11 is 0. The fraction of sp³-hybridized carbons (Fsp3) is 0.343. The molecule has 0 spiro atoms. The molecule has 0 amide bonds. The molecule has 0 unspecified atom stereocenters. The van der Waals surface area contributed by atoms with Gasteiger partial charge in [0.15, 0.2) is 0 Å². The van der Waals surface area contributed by atoms with E-state index in [9.17, 15) is 4.79 Å². The fourth-order valence-corrected chi connectivity index (χ4v) is 7.67. The van der Waals surface area contributed by atoms with Gasteiger partial charge in [-0.2, -0.15) is 0 Å². The summed E-state index contributed by atoms with van der Waals surface area (Å²) in [4.78, 5) is 12.1. The van der Waals surface area contributed by atoms with Gasteiger partial charge in [0, 0.05) is 0 Å². The first-order valence-corrected chi connectivity index (χ1v) is 17.7. The SMILES string of the molecule is CCCCc1cc(-c2ccc(C(=O)OC)cc2)c2ccc3c(CCCC)cc([Si](C)(C)C)c4ccc1c2c34. The first kappa shape index (κ1) is 26.4. The summed E-state index contributed by atoms with van der Waals surface area (Å²) in [6.07, 6.45) is 6.97. The van der Waals surface area contributed by atoms with Gasteiger partial charge in [-0.15, -0.1) is 0 Å². The predicted molar refractivity (Wildman–Crippen MR) is 167 cm³/mol. The van der Waals surface area contributed by atoms with Gasteiger partial charge in [0.1, 0.15) is 0 Å². The third-order valence-corrected chi connectivity index (χ3v) is 10.1. The number of carbonyl (C=O) groups excluding carboxylic acids is 1. The molecule has 0 saturated heterocycles. The molecule has 38 heavy (non-hydrogen) atoms. The Morgan fingerprint density at radius 3 is 1.79 bits per heavy atom. The summed E-state index contributed by atoms with van der Waals surface area (Å²) < 4.78 is 4.93. The number of benzene rings is 5. The normalized spacial score (nSPS) is 12.2. The highest BCUT2D eigenvalue weighted by Gasteiger charge is 2.24.